The van der Waals surface area contributed by atoms with Crippen molar-refractivity contribution in [2.75, 3.05) is 7.11 Å². The van der Waals surface area contributed by atoms with Gasteiger partial charge in [0.15, 0.2) is 0 Å². The van der Waals surface area contributed by atoms with E-state index in [2.05, 4.69) is 20.1 Å². The summed E-state index contributed by atoms with van der Waals surface area (Å²) in [6.07, 6.45) is 0. The zero-order valence-electron chi connectivity index (χ0n) is 10.1. The van der Waals surface area contributed by atoms with Gasteiger partial charge in [0.05, 0.1) is 18.4 Å². The van der Waals surface area contributed by atoms with Crippen molar-refractivity contribution in [2.24, 2.45) is 0 Å². The van der Waals surface area contributed by atoms with Crippen LogP contribution in [0.2, 0.25) is 0 Å². The molecule has 0 atom stereocenters. The Morgan fingerprint density at radius 1 is 1.37 bits per heavy atom. The van der Waals surface area contributed by atoms with E-state index in [0.717, 1.165) is 18.0 Å². The number of methoxy groups -OCH3 is 1. The average molecular weight is 264 g/mol. The number of ether oxygens (including phenoxy) is 1. The molecule has 0 saturated carbocycles. The van der Waals surface area contributed by atoms with Crippen molar-refractivity contribution in [3.8, 4) is 5.69 Å². The van der Waals surface area contributed by atoms with Crippen LogP contribution in [0.4, 0.5) is 4.39 Å². The lowest BCUT2D eigenvalue weighted by atomic mass is 10.2. The van der Waals surface area contributed by atoms with Gasteiger partial charge >= 0.3 is 5.97 Å². The van der Waals surface area contributed by atoms with Crippen LogP contribution in [-0.2, 0) is 4.74 Å². The monoisotopic (exact) mass is 264 g/mol. The van der Waals surface area contributed by atoms with E-state index >= 15 is 0 Å². The summed E-state index contributed by atoms with van der Waals surface area (Å²) in [5.74, 6) is -1.97. The number of hydrogen-bond donors (Lipinski definition) is 0. The van der Waals surface area contributed by atoms with Gasteiger partial charge in [0.2, 0.25) is 11.6 Å². The molecule has 1 aromatic carbocycles. The van der Waals surface area contributed by atoms with E-state index < -0.39 is 11.8 Å². The van der Waals surface area contributed by atoms with Gasteiger partial charge in [-0.05, 0) is 17.3 Å². The molecule has 0 N–H and O–H groups in total. The van der Waals surface area contributed by atoms with Gasteiger partial charge in [-0.1, -0.05) is 0 Å². The highest BCUT2D eigenvalue weighted by Gasteiger charge is 2.14. The second-order valence-electron chi connectivity index (χ2n) is 3.61. The first-order valence-electron chi connectivity index (χ1n) is 5.22. The molecule has 0 fully saturated rings. The third-order valence-corrected chi connectivity index (χ3v) is 2.32. The van der Waals surface area contributed by atoms with Crippen LogP contribution in [0.1, 0.15) is 27.9 Å². The standard InChI is InChI=1S/C11H9FN4O3/c1-6(17)10-13-15-16(14-10)7-3-4-8(9(12)5-7)11(18)19-2/h3-5H,1-2H3. The summed E-state index contributed by atoms with van der Waals surface area (Å²) in [4.78, 5) is 23.2. The Kier molecular flexibility index (Phi) is 3.32. The molecule has 7 nitrogen and oxygen atoms in total. The molecule has 0 aliphatic rings. The van der Waals surface area contributed by atoms with Crippen molar-refractivity contribution in [3.05, 3.63) is 35.4 Å². The first-order valence-corrected chi connectivity index (χ1v) is 5.22. The first-order chi connectivity index (χ1) is 9.02. The first kappa shape index (κ1) is 12.8. The number of Topliss-reactive ketones (excluding diaryl/α,β-unsaturated/α-hetero) is 1. The van der Waals surface area contributed by atoms with Gasteiger partial charge in [0.25, 0.3) is 0 Å². The molecule has 0 bridgehead atoms. The molecular weight excluding hydrogens is 255 g/mol. The van der Waals surface area contributed by atoms with Gasteiger partial charge < -0.3 is 4.74 Å². The topological polar surface area (TPSA) is 87.0 Å². The van der Waals surface area contributed by atoms with E-state index in [0.29, 0.717) is 0 Å². The number of tetrazole rings is 1. The minimum atomic E-state index is -0.778. The Morgan fingerprint density at radius 2 is 2.11 bits per heavy atom. The third kappa shape index (κ3) is 2.46. The molecule has 1 aromatic heterocycles. The molecule has 0 spiro atoms. The number of carbonyl (C=O) groups excluding carboxylic acids is 2. The van der Waals surface area contributed by atoms with E-state index in [1.807, 2.05) is 0 Å². The van der Waals surface area contributed by atoms with E-state index in [1.54, 1.807) is 0 Å². The molecule has 8 heteroatoms. The van der Waals surface area contributed by atoms with Crippen LogP contribution in [0.5, 0.6) is 0 Å². The number of ketones is 1. The van der Waals surface area contributed by atoms with Gasteiger partial charge in [-0.2, -0.15) is 0 Å². The summed E-state index contributed by atoms with van der Waals surface area (Å²) in [6.45, 7) is 1.29. The summed E-state index contributed by atoms with van der Waals surface area (Å²) in [6, 6.07) is 3.71. The highest BCUT2D eigenvalue weighted by atomic mass is 19.1. The molecule has 0 radical (unpaired) electrons. The SMILES string of the molecule is COC(=O)c1ccc(-n2nnc(C(C)=O)n2)cc1F. The summed E-state index contributed by atoms with van der Waals surface area (Å²) in [7, 11) is 1.16. The Bertz CT molecular complexity index is 653. The second-order valence-corrected chi connectivity index (χ2v) is 3.61. The molecule has 0 amide bonds. The van der Waals surface area contributed by atoms with Gasteiger partial charge in [-0.25, -0.2) is 9.18 Å². The number of aromatic nitrogens is 4. The Labute approximate surface area is 107 Å². The van der Waals surface area contributed by atoms with Crippen molar-refractivity contribution in [1.82, 2.24) is 20.2 Å². The lowest BCUT2D eigenvalue weighted by Crippen LogP contribution is -2.07. The van der Waals surface area contributed by atoms with Crippen LogP contribution in [0, 0.1) is 5.82 Å². The van der Waals surface area contributed by atoms with Gasteiger partial charge in [-0.15, -0.1) is 15.0 Å². The highest BCUT2D eigenvalue weighted by molar-refractivity contribution is 5.90. The van der Waals surface area contributed by atoms with Crippen LogP contribution in [-0.4, -0.2) is 39.1 Å². The quantitative estimate of drug-likeness (QED) is 0.601. The molecule has 1 heterocycles. The highest BCUT2D eigenvalue weighted by Crippen LogP contribution is 2.13. The van der Waals surface area contributed by atoms with Crippen molar-refractivity contribution >= 4 is 11.8 Å². The molecule has 0 aliphatic heterocycles. The number of hydrogen-bond acceptors (Lipinski definition) is 6. The van der Waals surface area contributed by atoms with Crippen LogP contribution in [0.15, 0.2) is 18.2 Å². The maximum atomic E-state index is 13.7. The van der Waals surface area contributed by atoms with Crippen molar-refractivity contribution in [1.29, 1.82) is 0 Å². The molecule has 0 saturated heterocycles. The predicted octanol–water partition coefficient (Wildman–Crippen LogP) is 0.791. The molecular formula is C11H9FN4O3. The number of carbonyl (C=O) groups is 2. The maximum Gasteiger partial charge on any atom is 0.340 e. The molecule has 19 heavy (non-hydrogen) atoms. The fourth-order valence-corrected chi connectivity index (χ4v) is 1.37. The van der Waals surface area contributed by atoms with E-state index in [4.69, 9.17) is 0 Å². The van der Waals surface area contributed by atoms with E-state index in [-0.39, 0.29) is 22.9 Å². The zero-order valence-corrected chi connectivity index (χ0v) is 10.1. The van der Waals surface area contributed by atoms with Crippen LogP contribution >= 0.6 is 0 Å². The zero-order chi connectivity index (χ0) is 14.0. The molecule has 0 aliphatic carbocycles. The fraction of sp³-hybridized carbons (Fsp3) is 0.182. The van der Waals surface area contributed by atoms with Crippen molar-refractivity contribution in [2.45, 2.75) is 6.92 Å². The summed E-state index contributed by atoms with van der Waals surface area (Å²) in [5, 5.41) is 10.9. The van der Waals surface area contributed by atoms with Crippen molar-refractivity contribution in [3.63, 3.8) is 0 Å². The number of halogens is 1. The molecule has 2 aromatic rings. The van der Waals surface area contributed by atoms with Crippen LogP contribution in [0.3, 0.4) is 0 Å². The summed E-state index contributed by atoms with van der Waals surface area (Å²) < 4.78 is 18.1. The van der Waals surface area contributed by atoms with Gasteiger partial charge in [0.1, 0.15) is 5.82 Å². The van der Waals surface area contributed by atoms with Crippen LogP contribution in [0.25, 0.3) is 5.69 Å². The molecule has 98 valence electrons. The van der Waals surface area contributed by atoms with E-state index in [1.165, 1.54) is 19.1 Å². The number of rotatable bonds is 3. The second kappa shape index (κ2) is 4.92. The number of esters is 1. The average Bonchev–Trinajstić information content (AvgIpc) is 2.87. The lowest BCUT2D eigenvalue weighted by Gasteiger charge is -2.03. The Hall–Kier alpha value is -2.64. The third-order valence-electron chi connectivity index (χ3n) is 2.32. The Morgan fingerprint density at radius 3 is 2.63 bits per heavy atom. The normalized spacial score (nSPS) is 10.3. The predicted molar refractivity (Wildman–Crippen MR) is 60.5 cm³/mol. The lowest BCUT2D eigenvalue weighted by molar-refractivity contribution is 0.0595. The smallest absolute Gasteiger partial charge is 0.340 e. The maximum absolute atomic E-state index is 13.7. The Balaban J connectivity index is 2.38. The largest absolute Gasteiger partial charge is 0.465 e. The molecule has 0 unspecified atom stereocenters. The molecule has 2 rings (SSSR count). The van der Waals surface area contributed by atoms with Gasteiger partial charge in [-0.3, -0.25) is 4.79 Å². The fourth-order valence-electron chi connectivity index (χ4n) is 1.37. The number of nitrogens with zero attached hydrogens (tertiary/aromatic N) is 4. The van der Waals surface area contributed by atoms with Gasteiger partial charge in [0, 0.05) is 13.0 Å². The van der Waals surface area contributed by atoms with Crippen LogP contribution < -0.4 is 0 Å². The minimum absolute atomic E-state index is 0.0718. The summed E-state index contributed by atoms with van der Waals surface area (Å²) in [5.41, 5.74) is 0.0447. The minimum Gasteiger partial charge on any atom is -0.465 e. The van der Waals surface area contributed by atoms with Crippen molar-refractivity contribution < 1.29 is 18.7 Å². The summed E-state index contributed by atoms with van der Waals surface area (Å²) >= 11 is 0. The van der Waals surface area contributed by atoms with E-state index in [9.17, 15) is 14.0 Å². The number of benzene rings is 1.